The highest BCUT2D eigenvalue weighted by atomic mass is 32.1. The summed E-state index contributed by atoms with van der Waals surface area (Å²) >= 11 is 4.36. The Balaban J connectivity index is 0. The molecule has 0 aliphatic heterocycles. The van der Waals surface area contributed by atoms with E-state index in [0.717, 1.165) is 0 Å². The van der Waals surface area contributed by atoms with E-state index >= 15 is 0 Å². The number of rotatable bonds is 5. The lowest BCUT2D eigenvalue weighted by Gasteiger charge is -2.10. The number of hydrogen-bond donors (Lipinski definition) is 2. The van der Waals surface area contributed by atoms with E-state index in [4.69, 9.17) is 10.5 Å². The van der Waals surface area contributed by atoms with Crippen LogP contribution in [0.1, 0.15) is 33.6 Å². The van der Waals surface area contributed by atoms with Gasteiger partial charge in [-0.15, -0.1) is 0 Å². The third kappa shape index (κ3) is 9.74. The van der Waals surface area contributed by atoms with Gasteiger partial charge in [0.05, 0.1) is 6.61 Å². The van der Waals surface area contributed by atoms with Crippen molar-refractivity contribution in [2.45, 2.75) is 33.6 Å². The maximum absolute atomic E-state index is 11.2. The first-order valence-electron chi connectivity index (χ1n) is 5.60. The summed E-state index contributed by atoms with van der Waals surface area (Å²) in [6.07, 6.45) is 0.933. The van der Waals surface area contributed by atoms with Crippen molar-refractivity contribution < 1.29 is 14.3 Å². The smallest absolute Gasteiger partial charge is 0.316 e. The van der Waals surface area contributed by atoms with Gasteiger partial charge in [-0.25, -0.2) is 0 Å². The second-order valence-corrected chi connectivity index (χ2v) is 3.59. The largest absolute Gasteiger partial charge is 0.465 e. The van der Waals surface area contributed by atoms with E-state index in [1.54, 1.807) is 20.9 Å². The van der Waals surface area contributed by atoms with Crippen molar-refractivity contribution in [3.05, 3.63) is 0 Å². The quantitative estimate of drug-likeness (QED) is 0.437. The van der Waals surface area contributed by atoms with Crippen LogP contribution in [0, 0.1) is 5.92 Å². The lowest BCUT2D eigenvalue weighted by atomic mass is 10.00. The third-order valence-electron chi connectivity index (χ3n) is 1.96. The van der Waals surface area contributed by atoms with Crippen LogP contribution in [0.25, 0.3) is 0 Å². The maximum atomic E-state index is 11.2. The minimum atomic E-state index is -0.546. The molecule has 0 bridgehead atoms. The Morgan fingerprint density at radius 2 is 1.82 bits per heavy atom. The number of ketones is 1. The van der Waals surface area contributed by atoms with Crippen LogP contribution in [0.15, 0.2) is 0 Å². The van der Waals surface area contributed by atoms with Crippen molar-refractivity contribution in [1.82, 2.24) is 5.32 Å². The molecule has 3 N–H and O–H groups in total. The molecule has 0 spiro atoms. The van der Waals surface area contributed by atoms with Crippen LogP contribution in [0.3, 0.4) is 0 Å². The van der Waals surface area contributed by atoms with E-state index in [1.165, 1.54) is 0 Å². The highest BCUT2D eigenvalue weighted by Gasteiger charge is 2.23. The van der Waals surface area contributed by atoms with Gasteiger partial charge in [-0.3, -0.25) is 9.59 Å². The molecule has 0 amide bonds. The minimum absolute atomic E-state index is 0.0315. The number of ether oxygens (including phenoxy) is 1. The van der Waals surface area contributed by atoms with Crippen LogP contribution in [0.5, 0.6) is 0 Å². The monoisotopic (exact) mass is 262 g/mol. The molecule has 0 heterocycles. The summed E-state index contributed by atoms with van der Waals surface area (Å²) in [5.41, 5.74) is 4.91. The lowest BCUT2D eigenvalue weighted by molar-refractivity contribution is -0.151. The Morgan fingerprint density at radius 3 is 2.06 bits per heavy atom. The predicted octanol–water partition coefficient (Wildman–Crippen LogP) is 1.00. The number of carbonyl (C=O) groups excluding carboxylic acids is 2. The molecule has 0 aromatic heterocycles. The van der Waals surface area contributed by atoms with Crippen LogP contribution in [0.2, 0.25) is 0 Å². The number of Topliss-reactive ketones (excluding diaryl/α,β-unsaturated/α-hetero) is 1. The topological polar surface area (TPSA) is 81.4 Å². The van der Waals surface area contributed by atoms with Crippen molar-refractivity contribution in [3.63, 3.8) is 0 Å². The fourth-order valence-corrected chi connectivity index (χ4v) is 1.02. The molecule has 0 aromatic carbocycles. The molecule has 17 heavy (non-hydrogen) atoms. The van der Waals surface area contributed by atoms with Gasteiger partial charge in [-0.2, -0.15) is 0 Å². The molecule has 1 atom stereocenters. The Bertz CT molecular complexity index is 257. The first-order chi connectivity index (χ1) is 7.94. The number of nitrogens with one attached hydrogen (secondary N) is 1. The molecule has 0 rings (SSSR count). The summed E-state index contributed by atoms with van der Waals surface area (Å²) in [6, 6.07) is 0. The van der Waals surface area contributed by atoms with Crippen LogP contribution in [0.4, 0.5) is 0 Å². The zero-order chi connectivity index (χ0) is 13.8. The normalized spacial score (nSPS) is 10.6. The molecule has 6 heteroatoms. The van der Waals surface area contributed by atoms with Gasteiger partial charge < -0.3 is 15.8 Å². The van der Waals surface area contributed by atoms with E-state index in [2.05, 4.69) is 17.5 Å². The molecule has 0 aliphatic carbocycles. The Hall–Kier alpha value is -1.17. The average Bonchev–Trinajstić information content (AvgIpc) is 2.30. The predicted molar refractivity (Wildman–Crippen MR) is 71.6 cm³/mol. The summed E-state index contributed by atoms with van der Waals surface area (Å²) in [7, 11) is 1.68. The molecule has 100 valence electrons. The summed E-state index contributed by atoms with van der Waals surface area (Å²) in [6.45, 7) is 5.65. The standard InChI is InChI=1S/C9H16O3.C2H6N2S/c1-4-7(8(10)5-2)9(11)12-6-3;1-4-2(3)5/h7H,4-6H2,1-3H3;1H3,(H3,3,4,5). The van der Waals surface area contributed by atoms with Crippen LogP contribution < -0.4 is 11.1 Å². The van der Waals surface area contributed by atoms with Gasteiger partial charge in [-0.1, -0.05) is 13.8 Å². The number of nitrogens with two attached hydrogens (primary N) is 1. The summed E-state index contributed by atoms with van der Waals surface area (Å²) in [5, 5.41) is 2.88. The van der Waals surface area contributed by atoms with Gasteiger partial charge in [0.15, 0.2) is 5.11 Å². The van der Waals surface area contributed by atoms with E-state index in [0.29, 0.717) is 24.6 Å². The Morgan fingerprint density at radius 1 is 1.35 bits per heavy atom. The lowest BCUT2D eigenvalue weighted by Crippen LogP contribution is -2.24. The van der Waals surface area contributed by atoms with Gasteiger partial charge >= 0.3 is 5.97 Å². The highest BCUT2D eigenvalue weighted by Crippen LogP contribution is 2.08. The number of carbonyl (C=O) groups is 2. The number of thiocarbonyl (C=S) groups is 1. The Labute approximate surface area is 108 Å². The third-order valence-corrected chi connectivity index (χ3v) is 2.17. The van der Waals surface area contributed by atoms with Crippen molar-refractivity contribution >= 4 is 29.1 Å². The zero-order valence-electron chi connectivity index (χ0n) is 10.9. The molecule has 0 saturated carbocycles. The molecule has 0 fully saturated rings. The maximum Gasteiger partial charge on any atom is 0.316 e. The molecular formula is C11H22N2O3S. The van der Waals surface area contributed by atoms with Crippen molar-refractivity contribution in [2.24, 2.45) is 11.7 Å². The highest BCUT2D eigenvalue weighted by molar-refractivity contribution is 7.80. The van der Waals surface area contributed by atoms with E-state index < -0.39 is 5.92 Å². The van der Waals surface area contributed by atoms with Crippen molar-refractivity contribution in [2.75, 3.05) is 13.7 Å². The van der Waals surface area contributed by atoms with Crippen LogP contribution in [-0.4, -0.2) is 30.5 Å². The zero-order valence-corrected chi connectivity index (χ0v) is 11.7. The minimum Gasteiger partial charge on any atom is -0.465 e. The molecule has 0 radical (unpaired) electrons. The molecular weight excluding hydrogens is 240 g/mol. The SMILES string of the molecule is CCOC(=O)C(CC)C(=O)CC.CNC(N)=S. The molecule has 0 aromatic rings. The Kier molecular flexibility index (Phi) is 12.1. The van der Waals surface area contributed by atoms with Crippen LogP contribution >= 0.6 is 12.2 Å². The van der Waals surface area contributed by atoms with Crippen molar-refractivity contribution in [3.8, 4) is 0 Å². The fraction of sp³-hybridized carbons (Fsp3) is 0.727. The van der Waals surface area contributed by atoms with Gasteiger partial charge in [-0.05, 0) is 25.6 Å². The first-order valence-corrected chi connectivity index (χ1v) is 6.01. The first kappa shape index (κ1) is 18.2. The van der Waals surface area contributed by atoms with Gasteiger partial charge in [0.1, 0.15) is 11.7 Å². The fourth-order valence-electron chi connectivity index (χ4n) is 1.02. The molecule has 0 saturated heterocycles. The van der Waals surface area contributed by atoms with E-state index in [9.17, 15) is 9.59 Å². The van der Waals surface area contributed by atoms with Crippen molar-refractivity contribution in [1.29, 1.82) is 0 Å². The number of hydrogen-bond acceptors (Lipinski definition) is 4. The molecule has 1 unspecified atom stereocenters. The van der Waals surface area contributed by atoms with E-state index in [1.807, 2.05) is 6.92 Å². The second kappa shape index (κ2) is 11.3. The van der Waals surface area contributed by atoms with Crippen LogP contribution in [-0.2, 0) is 14.3 Å². The van der Waals surface area contributed by atoms with Gasteiger partial charge in [0.2, 0.25) is 0 Å². The van der Waals surface area contributed by atoms with E-state index in [-0.39, 0.29) is 11.8 Å². The second-order valence-electron chi connectivity index (χ2n) is 3.15. The molecule has 0 aliphatic rings. The van der Waals surface area contributed by atoms with Gasteiger partial charge in [0.25, 0.3) is 0 Å². The average molecular weight is 262 g/mol. The van der Waals surface area contributed by atoms with Gasteiger partial charge in [0, 0.05) is 13.5 Å². The molecule has 5 nitrogen and oxygen atoms in total. The summed E-state index contributed by atoms with van der Waals surface area (Å²) in [5.74, 6) is -0.960. The number of esters is 1. The summed E-state index contributed by atoms with van der Waals surface area (Å²) in [4.78, 5) is 22.3. The summed E-state index contributed by atoms with van der Waals surface area (Å²) < 4.78 is 4.76.